The van der Waals surface area contributed by atoms with E-state index in [4.69, 9.17) is 15.2 Å². The van der Waals surface area contributed by atoms with E-state index < -0.39 is 11.8 Å². The third-order valence-electron chi connectivity index (χ3n) is 2.93. The van der Waals surface area contributed by atoms with Gasteiger partial charge in [-0.25, -0.2) is 9.18 Å². The van der Waals surface area contributed by atoms with Crippen LogP contribution in [0.3, 0.4) is 0 Å². The minimum absolute atomic E-state index is 0.0716. The van der Waals surface area contributed by atoms with Gasteiger partial charge in [0.25, 0.3) is 0 Å². The van der Waals surface area contributed by atoms with E-state index in [2.05, 4.69) is 0 Å². The Balaban J connectivity index is 1.85. The van der Waals surface area contributed by atoms with Crippen molar-refractivity contribution in [2.24, 2.45) is 0 Å². The van der Waals surface area contributed by atoms with Crippen LogP contribution in [0.4, 0.5) is 10.1 Å². The smallest absolute Gasteiger partial charge is 0.340 e. The summed E-state index contributed by atoms with van der Waals surface area (Å²) in [6, 6.07) is 3.65. The van der Waals surface area contributed by atoms with Crippen molar-refractivity contribution in [1.82, 2.24) is 0 Å². The molecular formula is C13H16FNO3. The minimum Gasteiger partial charge on any atom is -0.462 e. The van der Waals surface area contributed by atoms with Crippen molar-refractivity contribution in [1.29, 1.82) is 0 Å². The first-order chi connectivity index (χ1) is 8.66. The maximum atomic E-state index is 13.0. The van der Waals surface area contributed by atoms with Crippen LogP contribution in [0.5, 0.6) is 0 Å². The second kappa shape index (κ2) is 5.82. The standard InChI is InChI=1S/C13H16FNO3/c14-9-3-4-12(15)11(8-9)13(16)18-7-5-10-2-1-6-17-10/h3-4,8,10H,1-2,5-7,15H2. The maximum absolute atomic E-state index is 13.0. The molecule has 0 bridgehead atoms. The third kappa shape index (κ3) is 3.20. The summed E-state index contributed by atoms with van der Waals surface area (Å²) in [5, 5.41) is 0. The Labute approximate surface area is 105 Å². The summed E-state index contributed by atoms with van der Waals surface area (Å²) in [7, 11) is 0. The first kappa shape index (κ1) is 12.8. The van der Waals surface area contributed by atoms with Crippen molar-refractivity contribution >= 4 is 11.7 Å². The molecule has 1 aliphatic rings. The number of rotatable bonds is 4. The summed E-state index contributed by atoms with van der Waals surface area (Å²) < 4.78 is 23.5. The molecule has 1 aromatic carbocycles. The molecular weight excluding hydrogens is 237 g/mol. The predicted molar refractivity (Wildman–Crippen MR) is 64.7 cm³/mol. The molecule has 1 fully saturated rings. The van der Waals surface area contributed by atoms with E-state index in [9.17, 15) is 9.18 Å². The molecule has 1 aliphatic heterocycles. The number of hydrogen-bond acceptors (Lipinski definition) is 4. The van der Waals surface area contributed by atoms with E-state index in [0.29, 0.717) is 6.42 Å². The van der Waals surface area contributed by atoms with Gasteiger partial charge in [0, 0.05) is 18.7 Å². The Hall–Kier alpha value is -1.62. The largest absolute Gasteiger partial charge is 0.462 e. The fourth-order valence-electron chi connectivity index (χ4n) is 1.94. The second-order valence-electron chi connectivity index (χ2n) is 4.29. The van der Waals surface area contributed by atoms with Crippen molar-refractivity contribution in [3.05, 3.63) is 29.6 Å². The van der Waals surface area contributed by atoms with Gasteiger partial charge in [0.05, 0.1) is 18.3 Å². The monoisotopic (exact) mass is 253 g/mol. The summed E-state index contributed by atoms with van der Waals surface area (Å²) in [6.07, 6.45) is 2.89. The van der Waals surface area contributed by atoms with Gasteiger partial charge >= 0.3 is 5.97 Å². The second-order valence-corrected chi connectivity index (χ2v) is 4.29. The third-order valence-corrected chi connectivity index (χ3v) is 2.93. The van der Waals surface area contributed by atoms with E-state index in [0.717, 1.165) is 25.5 Å². The lowest BCUT2D eigenvalue weighted by Crippen LogP contribution is -2.14. The first-order valence-electron chi connectivity index (χ1n) is 6.00. The van der Waals surface area contributed by atoms with Gasteiger partial charge in [-0.3, -0.25) is 0 Å². The van der Waals surface area contributed by atoms with Crippen molar-refractivity contribution in [3.8, 4) is 0 Å². The molecule has 1 aromatic rings. The summed E-state index contributed by atoms with van der Waals surface area (Å²) >= 11 is 0. The summed E-state index contributed by atoms with van der Waals surface area (Å²) in [5.74, 6) is -1.10. The average molecular weight is 253 g/mol. The molecule has 1 unspecified atom stereocenters. The lowest BCUT2D eigenvalue weighted by atomic mass is 10.2. The summed E-state index contributed by atoms with van der Waals surface area (Å²) in [5.41, 5.74) is 5.88. The Morgan fingerprint density at radius 3 is 3.11 bits per heavy atom. The van der Waals surface area contributed by atoms with Crippen molar-refractivity contribution < 1.29 is 18.7 Å². The van der Waals surface area contributed by atoms with Crippen LogP contribution < -0.4 is 5.73 Å². The fraction of sp³-hybridized carbons (Fsp3) is 0.462. The highest BCUT2D eigenvalue weighted by molar-refractivity contribution is 5.95. The van der Waals surface area contributed by atoms with E-state index in [1.807, 2.05) is 0 Å². The molecule has 0 amide bonds. The van der Waals surface area contributed by atoms with E-state index in [1.165, 1.54) is 12.1 Å². The number of nitrogen functional groups attached to an aromatic ring is 1. The van der Waals surface area contributed by atoms with Crippen LogP contribution in [-0.2, 0) is 9.47 Å². The van der Waals surface area contributed by atoms with Crippen LogP contribution in [-0.4, -0.2) is 25.3 Å². The highest BCUT2D eigenvalue weighted by Crippen LogP contribution is 2.17. The fourth-order valence-corrected chi connectivity index (χ4v) is 1.94. The summed E-state index contributed by atoms with van der Waals surface area (Å²) in [4.78, 5) is 11.7. The van der Waals surface area contributed by atoms with Crippen LogP contribution in [0.15, 0.2) is 18.2 Å². The lowest BCUT2D eigenvalue weighted by Gasteiger charge is -2.10. The zero-order valence-electron chi connectivity index (χ0n) is 10.0. The first-order valence-corrected chi connectivity index (χ1v) is 6.00. The number of benzene rings is 1. The van der Waals surface area contributed by atoms with Crippen LogP contribution in [0, 0.1) is 5.82 Å². The van der Waals surface area contributed by atoms with Crippen molar-refractivity contribution in [3.63, 3.8) is 0 Å². The van der Waals surface area contributed by atoms with E-state index >= 15 is 0 Å². The predicted octanol–water partition coefficient (Wildman–Crippen LogP) is 2.13. The van der Waals surface area contributed by atoms with Crippen LogP contribution in [0.1, 0.15) is 29.6 Å². The molecule has 1 saturated heterocycles. The number of anilines is 1. The number of esters is 1. The molecule has 0 aliphatic carbocycles. The number of ether oxygens (including phenoxy) is 2. The molecule has 2 N–H and O–H groups in total. The van der Waals surface area contributed by atoms with Crippen molar-refractivity contribution in [2.75, 3.05) is 18.9 Å². The van der Waals surface area contributed by atoms with Crippen LogP contribution in [0.25, 0.3) is 0 Å². The van der Waals surface area contributed by atoms with Gasteiger partial charge in [-0.05, 0) is 31.0 Å². The molecule has 18 heavy (non-hydrogen) atoms. The van der Waals surface area contributed by atoms with Crippen LogP contribution in [0.2, 0.25) is 0 Å². The SMILES string of the molecule is Nc1ccc(F)cc1C(=O)OCCC1CCCO1. The lowest BCUT2D eigenvalue weighted by molar-refractivity contribution is 0.0386. The number of carbonyl (C=O) groups excluding carboxylic acids is 1. The molecule has 1 heterocycles. The molecule has 0 spiro atoms. The topological polar surface area (TPSA) is 61.6 Å². The van der Waals surface area contributed by atoms with Gasteiger partial charge in [0.15, 0.2) is 0 Å². The summed E-state index contributed by atoms with van der Waals surface area (Å²) in [6.45, 7) is 1.04. The highest BCUT2D eigenvalue weighted by atomic mass is 19.1. The van der Waals surface area contributed by atoms with Gasteiger partial charge in [0.1, 0.15) is 5.82 Å². The van der Waals surface area contributed by atoms with E-state index in [-0.39, 0.29) is 24.0 Å². The molecule has 98 valence electrons. The quantitative estimate of drug-likeness (QED) is 0.659. The number of halogens is 1. The van der Waals surface area contributed by atoms with Gasteiger partial charge in [-0.1, -0.05) is 0 Å². The van der Waals surface area contributed by atoms with E-state index in [1.54, 1.807) is 0 Å². The minimum atomic E-state index is -0.593. The van der Waals surface area contributed by atoms with Gasteiger partial charge in [-0.15, -0.1) is 0 Å². The van der Waals surface area contributed by atoms with Crippen molar-refractivity contribution in [2.45, 2.75) is 25.4 Å². The molecule has 4 nitrogen and oxygen atoms in total. The Morgan fingerprint density at radius 1 is 1.56 bits per heavy atom. The average Bonchev–Trinajstić information content (AvgIpc) is 2.85. The van der Waals surface area contributed by atoms with Crippen LogP contribution >= 0.6 is 0 Å². The molecule has 0 aromatic heterocycles. The Kier molecular flexibility index (Phi) is 4.15. The number of carbonyl (C=O) groups is 1. The Morgan fingerprint density at radius 2 is 2.39 bits per heavy atom. The molecule has 2 rings (SSSR count). The molecule has 0 saturated carbocycles. The number of hydrogen-bond donors (Lipinski definition) is 1. The highest BCUT2D eigenvalue weighted by Gasteiger charge is 2.17. The molecule has 1 atom stereocenters. The maximum Gasteiger partial charge on any atom is 0.340 e. The normalized spacial score (nSPS) is 18.8. The van der Waals surface area contributed by atoms with Gasteiger partial charge in [-0.2, -0.15) is 0 Å². The van der Waals surface area contributed by atoms with Gasteiger partial charge < -0.3 is 15.2 Å². The molecule has 0 radical (unpaired) electrons. The Bertz CT molecular complexity index is 430. The van der Waals surface area contributed by atoms with Gasteiger partial charge in [0.2, 0.25) is 0 Å². The number of nitrogens with two attached hydrogens (primary N) is 1. The zero-order chi connectivity index (χ0) is 13.0. The zero-order valence-corrected chi connectivity index (χ0v) is 10.0. The molecule has 5 heteroatoms.